The average molecular weight is 344 g/mol. The van der Waals surface area contributed by atoms with Crippen molar-refractivity contribution in [3.05, 3.63) is 37.0 Å². The molecule has 0 aliphatic rings. The Labute approximate surface area is 140 Å². The lowest BCUT2D eigenvalue weighted by Crippen LogP contribution is -2.41. The van der Waals surface area contributed by atoms with Gasteiger partial charge in [0.25, 0.3) is 0 Å². The van der Waals surface area contributed by atoms with Crippen LogP contribution in [-0.4, -0.2) is 59.7 Å². The van der Waals surface area contributed by atoms with Gasteiger partial charge in [-0.25, -0.2) is 14.4 Å². The average Bonchev–Trinajstić information content (AvgIpc) is 2.55. The lowest BCUT2D eigenvalue weighted by atomic mass is 9.92. The predicted octanol–water partition coefficient (Wildman–Crippen LogP) is 0.453. The zero-order valence-corrected chi connectivity index (χ0v) is 13.9. The molecule has 0 rings (SSSR count). The first-order valence-electron chi connectivity index (χ1n) is 6.77. The summed E-state index contributed by atoms with van der Waals surface area (Å²) in [7, 11) is 0. The van der Waals surface area contributed by atoms with Gasteiger partial charge < -0.3 is 24.8 Å². The second-order valence-electron chi connectivity index (χ2n) is 5.07. The highest BCUT2D eigenvalue weighted by atomic mass is 16.6. The van der Waals surface area contributed by atoms with Gasteiger partial charge in [-0.15, -0.1) is 0 Å². The summed E-state index contributed by atoms with van der Waals surface area (Å²) in [5.41, 5.74) is -0.844. The summed E-state index contributed by atoms with van der Waals surface area (Å²) in [4.78, 5) is 31.8. The zero-order valence-electron chi connectivity index (χ0n) is 13.9. The molecule has 0 unspecified atom stereocenters. The van der Waals surface area contributed by atoms with E-state index in [1.54, 1.807) is 0 Å². The Kier molecular flexibility index (Phi) is 11.9. The lowest BCUT2D eigenvalue weighted by molar-refractivity contribution is -0.154. The molecule has 0 aliphatic carbocycles. The summed E-state index contributed by atoms with van der Waals surface area (Å²) in [6, 6.07) is 0. The highest BCUT2D eigenvalue weighted by molar-refractivity contribution is 5.87. The molecule has 0 aromatic rings. The Hall–Kier alpha value is -2.45. The summed E-state index contributed by atoms with van der Waals surface area (Å²) in [6.45, 7) is 11.2. The minimum absolute atomic E-state index is 0.198. The molecule has 0 amide bonds. The van der Waals surface area contributed by atoms with Crippen LogP contribution in [0.15, 0.2) is 37.0 Å². The first-order chi connectivity index (χ1) is 11.0. The number of carboxylic acid groups (broad SMARTS) is 1. The van der Waals surface area contributed by atoms with E-state index in [1.165, 1.54) is 13.8 Å². The number of aliphatic carboxylic acids is 1. The van der Waals surface area contributed by atoms with Gasteiger partial charge in [0.15, 0.2) is 0 Å². The van der Waals surface area contributed by atoms with Gasteiger partial charge in [-0.1, -0.05) is 19.7 Å². The summed E-state index contributed by atoms with van der Waals surface area (Å²) in [5.74, 6) is -2.26. The first kappa shape index (κ1) is 23.8. The van der Waals surface area contributed by atoms with Gasteiger partial charge in [-0.2, -0.15) is 0 Å². The molecule has 0 fully saturated rings. The number of hydrogen-bond acceptors (Lipinski definition) is 7. The Morgan fingerprint density at radius 2 is 1.25 bits per heavy atom. The largest absolute Gasteiger partial charge is 0.478 e. The number of ether oxygens (including phenoxy) is 2. The molecule has 0 saturated carbocycles. The summed E-state index contributed by atoms with van der Waals surface area (Å²) in [5, 5.41) is 26.2. The van der Waals surface area contributed by atoms with E-state index in [2.05, 4.69) is 19.7 Å². The third-order valence-electron chi connectivity index (χ3n) is 2.56. The first-order valence-corrected chi connectivity index (χ1v) is 6.77. The normalized spacial score (nSPS) is 9.83. The van der Waals surface area contributed by atoms with Crippen LogP contribution < -0.4 is 0 Å². The molecular formula is C16H24O8. The van der Waals surface area contributed by atoms with Crippen LogP contribution in [0, 0.1) is 5.41 Å². The van der Waals surface area contributed by atoms with E-state index < -0.39 is 36.5 Å². The highest BCUT2D eigenvalue weighted by Gasteiger charge is 2.33. The van der Waals surface area contributed by atoms with Crippen molar-refractivity contribution in [2.75, 3.05) is 26.4 Å². The number of hydrogen-bond donors (Lipinski definition) is 3. The Bertz CT molecular complexity index is 456. The maximum atomic E-state index is 11.3. The van der Waals surface area contributed by atoms with Crippen molar-refractivity contribution in [1.29, 1.82) is 0 Å². The number of carbonyl (C=O) groups excluding carboxylic acids is 2. The van der Waals surface area contributed by atoms with Gasteiger partial charge in [0.05, 0.1) is 18.6 Å². The molecule has 24 heavy (non-hydrogen) atoms. The molecular weight excluding hydrogens is 320 g/mol. The molecule has 0 bridgehead atoms. The molecule has 136 valence electrons. The van der Waals surface area contributed by atoms with Crippen molar-refractivity contribution in [3.63, 3.8) is 0 Å². The van der Waals surface area contributed by atoms with Crippen LogP contribution in [0.2, 0.25) is 0 Å². The van der Waals surface area contributed by atoms with E-state index in [-0.39, 0.29) is 24.4 Å². The lowest BCUT2D eigenvalue weighted by Gasteiger charge is -2.28. The molecule has 3 N–H and O–H groups in total. The van der Waals surface area contributed by atoms with Crippen LogP contribution >= 0.6 is 0 Å². The standard InChI is InChI=1S/C13H20O6.C3H4O2/c1-9(2)11(16)18-7-13(5-14,6-15)8-19-12(17)10(3)4;1-2-3(4)5/h14-15H,1,3,5-8H2,2,4H3;2H,1H2,(H,4,5). The van der Waals surface area contributed by atoms with Crippen molar-refractivity contribution in [2.24, 2.45) is 5.41 Å². The fourth-order valence-electron chi connectivity index (χ4n) is 0.958. The van der Waals surface area contributed by atoms with Crippen LogP contribution in [0.1, 0.15) is 13.8 Å². The Balaban J connectivity index is 0. The fourth-order valence-corrected chi connectivity index (χ4v) is 0.958. The molecule has 0 aromatic carbocycles. The molecule has 0 saturated heterocycles. The molecule has 0 radical (unpaired) electrons. The van der Waals surface area contributed by atoms with E-state index >= 15 is 0 Å². The van der Waals surface area contributed by atoms with Gasteiger partial charge in [0, 0.05) is 17.2 Å². The van der Waals surface area contributed by atoms with Crippen molar-refractivity contribution >= 4 is 17.9 Å². The second-order valence-corrected chi connectivity index (χ2v) is 5.07. The van der Waals surface area contributed by atoms with Gasteiger partial charge in [-0.3, -0.25) is 0 Å². The van der Waals surface area contributed by atoms with Crippen molar-refractivity contribution in [3.8, 4) is 0 Å². The van der Waals surface area contributed by atoms with Crippen LogP contribution in [-0.2, 0) is 23.9 Å². The van der Waals surface area contributed by atoms with Crippen LogP contribution in [0.25, 0.3) is 0 Å². The Morgan fingerprint density at radius 3 is 1.42 bits per heavy atom. The number of carbonyl (C=O) groups is 3. The van der Waals surface area contributed by atoms with Crippen LogP contribution in [0.4, 0.5) is 0 Å². The second kappa shape index (κ2) is 12.0. The third kappa shape index (κ3) is 10.3. The number of rotatable bonds is 9. The molecule has 8 nitrogen and oxygen atoms in total. The van der Waals surface area contributed by atoms with Gasteiger partial charge >= 0.3 is 17.9 Å². The molecule has 0 heterocycles. The van der Waals surface area contributed by atoms with Crippen molar-refractivity contribution in [2.45, 2.75) is 13.8 Å². The van der Waals surface area contributed by atoms with Crippen LogP contribution in [0.3, 0.4) is 0 Å². The fraction of sp³-hybridized carbons (Fsp3) is 0.438. The summed E-state index contributed by atoms with van der Waals surface area (Å²) >= 11 is 0. The van der Waals surface area contributed by atoms with E-state index in [4.69, 9.17) is 14.6 Å². The quantitative estimate of drug-likeness (QED) is 0.406. The number of aliphatic hydroxyl groups excluding tert-OH is 2. The maximum Gasteiger partial charge on any atom is 0.333 e. The van der Waals surface area contributed by atoms with E-state index in [1.807, 2.05) is 0 Å². The molecule has 0 spiro atoms. The number of carboxylic acids is 1. The summed E-state index contributed by atoms with van der Waals surface area (Å²) < 4.78 is 9.74. The molecule has 0 aromatic heterocycles. The molecule has 0 aliphatic heterocycles. The van der Waals surface area contributed by atoms with Gasteiger partial charge in [-0.05, 0) is 13.8 Å². The summed E-state index contributed by atoms with van der Waals surface area (Å²) in [6.07, 6.45) is 0.833. The third-order valence-corrected chi connectivity index (χ3v) is 2.56. The SMILES string of the molecule is C=C(C)C(=O)OCC(CO)(CO)COC(=O)C(=C)C.C=CC(=O)O. The number of esters is 2. The van der Waals surface area contributed by atoms with Gasteiger partial charge in [0.1, 0.15) is 13.2 Å². The minimum atomic E-state index is -1.24. The Morgan fingerprint density at radius 1 is 0.958 bits per heavy atom. The predicted molar refractivity (Wildman–Crippen MR) is 86.0 cm³/mol. The smallest absolute Gasteiger partial charge is 0.333 e. The monoisotopic (exact) mass is 344 g/mol. The topological polar surface area (TPSA) is 130 Å². The van der Waals surface area contributed by atoms with E-state index in [9.17, 15) is 24.6 Å². The molecule has 8 heteroatoms. The van der Waals surface area contributed by atoms with Gasteiger partial charge in [0.2, 0.25) is 0 Å². The maximum absolute atomic E-state index is 11.3. The zero-order chi connectivity index (χ0) is 19.3. The minimum Gasteiger partial charge on any atom is -0.478 e. The van der Waals surface area contributed by atoms with Crippen molar-refractivity contribution < 1.29 is 39.2 Å². The number of aliphatic hydroxyl groups is 2. The van der Waals surface area contributed by atoms with Crippen molar-refractivity contribution in [1.82, 2.24) is 0 Å². The van der Waals surface area contributed by atoms with E-state index in [0.29, 0.717) is 0 Å². The van der Waals surface area contributed by atoms with E-state index in [0.717, 1.165) is 6.08 Å². The highest BCUT2D eigenvalue weighted by Crippen LogP contribution is 2.18. The molecule has 0 atom stereocenters. The van der Waals surface area contributed by atoms with Crippen LogP contribution in [0.5, 0.6) is 0 Å².